The first kappa shape index (κ1) is 11.0. The van der Waals surface area contributed by atoms with E-state index >= 15 is 0 Å². The molecule has 0 aliphatic rings. The highest BCUT2D eigenvalue weighted by Crippen LogP contribution is 2.24. The molecule has 1 rings (SSSR count). The number of nitrogens with zero attached hydrogens (tertiary/aromatic N) is 3. The summed E-state index contributed by atoms with van der Waals surface area (Å²) < 4.78 is 1.76. The van der Waals surface area contributed by atoms with Gasteiger partial charge in [-0.05, 0) is 34.1 Å². The van der Waals surface area contributed by atoms with Crippen LogP contribution < -0.4 is 11.5 Å². The van der Waals surface area contributed by atoms with E-state index in [9.17, 15) is 0 Å². The van der Waals surface area contributed by atoms with Crippen molar-refractivity contribution in [3.05, 3.63) is 6.20 Å². The van der Waals surface area contributed by atoms with Crippen LogP contribution in [0, 0.1) is 0 Å². The summed E-state index contributed by atoms with van der Waals surface area (Å²) in [6, 6.07) is 0. The molecule has 0 aliphatic carbocycles. The van der Waals surface area contributed by atoms with Crippen molar-refractivity contribution in [2.75, 3.05) is 5.73 Å². The number of aromatic nitrogens is 3. The van der Waals surface area contributed by atoms with Crippen molar-refractivity contribution >= 4 is 5.82 Å². The summed E-state index contributed by atoms with van der Waals surface area (Å²) in [6.45, 7) is 8.12. The maximum Gasteiger partial charge on any atom is 0.165 e. The molecule has 0 spiro atoms. The largest absolute Gasteiger partial charge is 0.381 e. The highest BCUT2D eigenvalue weighted by molar-refractivity contribution is 5.20. The minimum Gasteiger partial charge on any atom is -0.381 e. The average Bonchev–Trinajstić information content (AvgIpc) is 2.29. The summed E-state index contributed by atoms with van der Waals surface area (Å²) in [5, 5.41) is 7.72. The molecule has 0 bridgehead atoms. The van der Waals surface area contributed by atoms with Gasteiger partial charge in [-0.3, -0.25) is 0 Å². The number of nitrogen functional groups attached to an aromatic ring is 1. The fourth-order valence-electron chi connectivity index (χ4n) is 1.77. The van der Waals surface area contributed by atoms with E-state index in [0.717, 1.165) is 6.42 Å². The number of nitrogens with two attached hydrogens (primary N) is 2. The molecule has 0 aromatic carbocycles. The molecule has 14 heavy (non-hydrogen) atoms. The lowest BCUT2D eigenvalue weighted by atomic mass is 9.88. The molecule has 0 aliphatic heterocycles. The zero-order chi connectivity index (χ0) is 11.0. The molecule has 0 atom stereocenters. The Morgan fingerprint density at radius 2 is 1.93 bits per heavy atom. The highest BCUT2D eigenvalue weighted by Gasteiger charge is 2.28. The van der Waals surface area contributed by atoms with Crippen LogP contribution in [0.5, 0.6) is 0 Å². The van der Waals surface area contributed by atoms with E-state index in [-0.39, 0.29) is 11.1 Å². The van der Waals surface area contributed by atoms with Gasteiger partial charge in [0.25, 0.3) is 0 Å². The number of hydrogen-bond donors (Lipinski definition) is 2. The van der Waals surface area contributed by atoms with Crippen molar-refractivity contribution in [2.45, 2.75) is 45.2 Å². The molecular formula is C9H19N5. The Morgan fingerprint density at radius 3 is 2.29 bits per heavy atom. The quantitative estimate of drug-likeness (QED) is 0.748. The van der Waals surface area contributed by atoms with Gasteiger partial charge in [-0.15, -0.1) is 5.10 Å². The third-order valence-corrected chi connectivity index (χ3v) is 2.02. The molecule has 0 saturated carbocycles. The van der Waals surface area contributed by atoms with Crippen LogP contribution in [0.15, 0.2) is 6.20 Å². The molecule has 1 heterocycles. The maximum absolute atomic E-state index is 5.97. The predicted octanol–water partition coefficient (Wildman–Crippen LogP) is 0.723. The van der Waals surface area contributed by atoms with Gasteiger partial charge in [0.15, 0.2) is 5.82 Å². The highest BCUT2D eigenvalue weighted by atomic mass is 15.5. The maximum atomic E-state index is 5.97. The van der Waals surface area contributed by atoms with Gasteiger partial charge in [-0.25, -0.2) is 4.68 Å². The Bertz CT molecular complexity index is 307. The smallest absolute Gasteiger partial charge is 0.165 e. The fourth-order valence-corrected chi connectivity index (χ4v) is 1.77. The molecule has 1 aromatic heterocycles. The second kappa shape index (κ2) is 3.24. The molecule has 1 aromatic rings. The van der Waals surface area contributed by atoms with Crippen molar-refractivity contribution in [1.29, 1.82) is 0 Å². The second-order valence-electron chi connectivity index (χ2n) is 5.07. The van der Waals surface area contributed by atoms with E-state index in [1.54, 1.807) is 10.9 Å². The van der Waals surface area contributed by atoms with Crippen LogP contribution in [0.3, 0.4) is 0 Å². The van der Waals surface area contributed by atoms with Crippen LogP contribution >= 0.6 is 0 Å². The molecule has 0 saturated heterocycles. The van der Waals surface area contributed by atoms with E-state index in [4.69, 9.17) is 11.5 Å². The molecule has 4 N–H and O–H groups in total. The minimum atomic E-state index is -0.232. The van der Waals surface area contributed by atoms with Crippen LogP contribution in [0.2, 0.25) is 0 Å². The molecule has 0 radical (unpaired) electrons. The Hall–Kier alpha value is -1.10. The van der Waals surface area contributed by atoms with Crippen LogP contribution in [-0.2, 0) is 5.54 Å². The van der Waals surface area contributed by atoms with E-state index in [1.165, 1.54) is 0 Å². The summed E-state index contributed by atoms with van der Waals surface area (Å²) in [4.78, 5) is 0. The van der Waals surface area contributed by atoms with Crippen molar-refractivity contribution in [3.8, 4) is 0 Å². The lowest BCUT2D eigenvalue weighted by Crippen LogP contribution is -2.42. The molecule has 0 fully saturated rings. The van der Waals surface area contributed by atoms with Crippen LogP contribution in [0.25, 0.3) is 0 Å². The second-order valence-corrected chi connectivity index (χ2v) is 5.07. The summed E-state index contributed by atoms with van der Waals surface area (Å²) in [6.07, 6.45) is 2.54. The van der Waals surface area contributed by atoms with E-state index in [0.29, 0.717) is 5.82 Å². The van der Waals surface area contributed by atoms with Gasteiger partial charge in [0.2, 0.25) is 0 Å². The first-order valence-corrected chi connectivity index (χ1v) is 4.68. The molecular weight excluding hydrogens is 178 g/mol. The molecule has 5 heteroatoms. The SMILES string of the molecule is CC(C)(N)CC(C)(C)n1cc(N)nn1. The number of hydrogen-bond acceptors (Lipinski definition) is 4. The van der Waals surface area contributed by atoms with Gasteiger partial charge in [0.1, 0.15) is 0 Å². The lowest BCUT2D eigenvalue weighted by Gasteiger charge is -2.31. The average molecular weight is 197 g/mol. The summed E-state index contributed by atoms with van der Waals surface area (Å²) in [5.41, 5.74) is 11.1. The predicted molar refractivity (Wildman–Crippen MR) is 56.6 cm³/mol. The fraction of sp³-hybridized carbons (Fsp3) is 0.778. The third kappa shape index (κ3) is 2.70. The van der Waals surface area contributed by atoms with Gasteiger partial charge in [-0.2, -0.15) is 0 Å². The first-order chi connectivity index (χ1) is 6.21. The summed E-state index contributed by atoms with van der Waals surface area (Å²) in [7, 11) is 0. The number of anilines is 1. The molecule has 0 amide bonds. The van der Waals surface area contributed by atoms with E-state index in [1.807, 2.05) is 13.8 Å². The minimum absolute atomic E-state index is 0.164. The van der Waals surface area contributed by atoms with Crippen LogP contribution in [0.1, 0.15) is 34.1 Å². The Labute approximate surface area is 84.5 Å². The monoisotopic (exact) mass is 197 g/mol. The molecule has 80 valence electrons. The van der Waals surface area contributed by atoms with Crippen LogP contribution in [0.4, 0.5) is 5.82 Å². The Morgan fingerprint density at radius 1 is 1.36 bits per heavy atom. The first-order valence-electron chi connectivity index (χ1n) is 4.68. The van der Waals surface area contributed by atoms with Gasteiger partial charge in [0.05, 0.1) is 11.7 Å². The normalized spacial score (nSPS) is 13.2. The van der Waals surface area contributed by atoms with E-state index in [2.05, 4.69) is 24.2 Å². The van der Waals surface area contributed by atoms with E-state index < -0.39 is 0 Å². The van der Waals surface area contributed by atoms with Crippen molar-refractivity contribution in [3.63, 3.8) is 0 Å². The topological polar surface area (TPSA) is 82.8 Å². The molecule has 5 nitrogen and oxygen atoms in total. The summed E-state index contributed by atoms with van der Waals surface area (Å²) in [5.74, 6) is 0.438. The third-order valence-electron chi connectivity index (χ3n) is 2.02. The van der Waals surface area contributed by atoms with Gasteiger partial charge >= 0.3 is 0 Å². The van der Waals surface area contributed by atoms with Gasteiger partial charge in [0, 0.05) is 5.54 Å². The zero-order valence-electron chi connectivity index (χ0n) is 9.28. The number of rotatable bonds is 3. The van der Waals surface area contributed by atoms with Crippen molar-refractivity contribution in [2.24, 2.45) is 5.73 Å². The van der Waals surface area contributed by atoms with Crippen LogP contribution in [-0.4, -0.2) is 20.5 Å². The van der Waals surface area contributed by atoms with Gasteiger partial charge in [-0.1, -0.05) is 5.21 Å². The zero-order valence-corrected chi connectivity index (χ0v) is 9.28. The van der Waals surface area contributed by atoms with Crippen molar-refractivity contribution < 1.29 is 0 Å². The Balaban J connectivity index is 2.85. The molecule has 0 unspecified atom stereocenters. The Kier molecular flexibility index (Phi) is 2.54. The lowest BCUT2D eigenvalue weighted by molar-refractivity contribution is 0.233. The van der Waals surface area contributed by atoms with Crippen molar-refractivity contribution in [1.82, 2.24) is 15.0 Å². The standard InChI is InChI=1S/C9H19N5/c1-8(2,11)6-9(3,4)14-5-7(10)12-13-14/h5H,6,10-11H2,1-4H3. The van der Waals surface area contributed by atoms with Gasteiger partial charge < -0.3 is 11.5 Å². The summed E-state index contributed by atoms with van der Waals surface area (Å²) >= 11 is 0.